The van der Waals surface area contributed by atoms with Crippen LogP contribution >= 0.6 is 0 Å². The fraction of sp³-hybridized carbons (Fsp3) is 0.300. The number of hydrogen-bond donors (Lipinski definition) is 0. The summed E-state index contributed by atoms with van der Waals surface area (Å²) in [6, 6.07) is 0. The highest BCUT2D eigenvalue weighted by Gasteiger charge is 2.26. The van der Waals surface area contributed by atoms with Crippen LogP contribution in [0.3, 0.4) is 0 Å². The van der Waals surface area contributed by atoms with Gasteiger partial charge in [0.1, 0.15) is 6.61 Å². The number of hydrogen-bond acceptors (Lipinski definition) is 5. The largest absolute Gasteiger partial charge is 0.448 e. The Kier molecular flexibility index (Phi) is 2.62. The van der Waals surface area contributed by atoms with Crippen molar-refractivity contribution in [1.82, 2.24) is 0 Å². The van der Waals surface area contributed by atoms with Gasteiger partial charge in [-0.05, 0) is 0 Å². The number of rotatable bonds is 2. The van der Waals surface area contributed by atoms with E-state index in [9.17, 15) is 9.59 Å². The first-order valence-corrected chi connectivity index (χ1v) is 4.55. The van der Waals surface area contributed by atoms with Crippen LogP contribution in [0.25, 0.3) is 0 Å². The smallest absolute Gasteiger partial charge is 0.391 e. The molecule has 0 unspecified atom stereocenters. The molecule has 0 radical (unpaired) electrons. The average molecular weight is 207 g/mol. The number of aliphatic imine (C=N–C) groups is 1. The van der Waals surface area contributed by atoms with E-state index in [1.807, 2.05) is 0 Å². The molecule has 0 spiro atoms. The summed E-state index contributed by atoms with van der Waals surface area (Å²) >= 11 is 0. The summed E-state index contributed by atoms with van der Waals surface area (Å²) in [5.41, 5.74) is 0. The third-order valence-electron chi connectivity index (χ3n) is 1.99. The summed E-state index contributed by atoms with van der Waals surface area (Å²) in [7, 11) is 0. The first-order valence-electron chi connectivity index (χ1n) is 4.55. The van der Waals surface area contributed by atoms with E-state index >= 15 is 0 Å². The molecule has 0 aromatic rings. The predicted octanol–water partition coefficient (Wildman–Crippen LogP) is 0.227. The Morgan fingerprint density at radius 1 is 1.40 bits per heavy atom. The number of ketones is 1. The number of ether oxygens (including phenoxy) is 2. The van der Waals surface area contributed by atoms with Crippen LogP contribution in [0, 0.1) is 5.92 Å². The van der Waals surface area contributed by atoms with Crippen molar-refractivity contribution in [3.8, 4) is 0 Å². The molecule has 2 rings (SSSR count). The number of allylic oxidation sites excluding steroid dienone is 4. The third-order valence-corrected chi connectivity index (χ3v) is 1.99. The molecule has 0 saturated heterocycles. The highest BCUT2D eigenvalue weighted by Crippen LogP contribution is 2.11. The summed E-state index contributed by atoms with van der Waals surface area (Å²) < 4.78 is 9.51. The van der Waals surface area contributed by atoms with Crippen LogP contribution < -0.4 is 0 Å². The van der Waals surface area contributed by atoms with Crippen molar-refractivity contribution in [2.75, 3.05) is 13.2 Å². The summed E-state index contributed by atoms with van der Waals surface area (Å²) in [5.74, 6) is -2.06. The Morgan fingerprint density at radius 2 is 2.13 bits per heavy atom. The first kappa shape index (κ1) is 9.64. The summed E-state index contributed by atoms with van der Waals surface area (Å²) in [6.45, 7) is 0.847. The molecule has 0 saturated carbocycles. The lowest BCUT2D eigenvalue weighted by Crippen LogP contribution is -2.25. The molecular weight excluding hydrogens is 198 g/mol. The SMILES string of the molecule is O=C(OC1=NCCO1)C(=O)C1C=CC=C1. The zero-order valence-corrected chi connectivity index (χ0v) is 7.88. The van der Waals surface area contributed by atoms with Crippen molar-refractivity contribution in [3.63, 3.8) is 0 Å². The third kappa shape index (κ3) is 2.12. The van der Waals surface area contributed by atoms with Gasteiger partial charge in [-0.2, -0.15) is 0 Å². The van der Waals surface area contributed by atoms with Crippen LogP contribution in [0.1, 0.15) is 0 Å². The van der Waals surface area contributed by atoms with E-state index < -0.39 is 17.7 Å². The summed E-state index contributed by atoms with van der Waals surface area (Å²) in [5, 5.41) is 0. The summed E-state index contributed by atoms with van der Waals surface area (Å²) in [4.78, 5) is 26.5. The average Bonchev–Trinajstić information content (AvgIpc) is 2.88. The quantitative estimate of drug-likeness (QED) is 0.480. The minimum Gasteiger partial charge on any atom is -0.448 e. The van der Waals surface area contributed by atoms with Gasteiger partial charge >= 0.3 is 12.1 Å². The second-order valence-electron chi connectivity index (χ2n) is 3.05. The Hall–Kier alpha value is -1.91. The second-order valence-corrected chi connectivity index (χ2v) is 3.05. The van der Waals surface area contributed by atoms with Crippen molar-refractivity contribution >= 4 is 17.8 Å². The van der Waals surface area contributed by atoms with Crippen LogP contribution in [0.4, 0.5) is 0 Å². The number of nitrogens with zero attached hydrogens (tertiary/aromatic N) is 1. The molecule has 0 fully saturated rings. The van der Waals surface area contributed by atoms with Crippen molar-refractivity contribution in [3.05, 3.63) is 24.3 Å². The number of Topliss-reactive ketones (excluding diaryl/α,β-unsaturated/α-hetero) is 1. The standard InChI is InChI=1S/C10H9NO4/c12-8(7-3-1-2-4-7)9(13)15-10-11-5-6-14-10/h1-4,7H,5-6H2. The number of carbonyl (C=O) groups excluding carboxylic acids is 2. The molecule has 15 heavy (non-hydrogen) atoms. The van der Waals surface area contributed by atoms with Gasteiger partial charge in [0.05, 0.1) is 12.5 Å². The van der Waals surface area contributed by atoms with Gasteiger partial charge in [0.15, 0.2) is 0 Å². The lowest BCUT2D eigenvalue weighted by Gasteiger charge is -2.04. The molecule has 2 aliphatic rings. The van der Waals surface area contributed by atoms with E-state index in [1.165, 1.54) is 0 Å². The van der Waals surface area contributed by atoms with Gasteiger partial charge in [0.2, 0.25) is 0 Å². The Balaban J connectivity index is 1.92. The minimum absolute atomic E-state index is 0.112. The van der Waals surface area contributed by atoms with E-state index in [0.29, 0.717) is 13.2 Å². The topological polar surface area (TPSA) is 65.0 Å². The molecule has 0 amide bonds. The Morgan fingerprint density at radius 3 is 2.73 bits per heavy atom. The lowest BCUT2D eigenvalue weighted by molar-refractivity contribution is -0.149. The van der Waals surface area contributed by atoms with E-state index in [2.05, 4.69) is 9.73 Å². The molecule has 0 aromatic heterocycles. The zero-order chi connectivity index (χ0) is 10.7. The molecule has 0 aromatic carbocycles. The van der Waals surface area contributed by atoms with Crippen LogP contribution in [-0.4, -0.2) is 31.0 Å². The molecule has 5 nitrogen and oxygen atoms in total. The number of esters is 1. The first-order chi connectivity index (χ1) is 7.27. The highest BCUT2D eigenvalue weighted by molar-refractivity contribution is 6.36. The minimum atomic E-state index is -0.933. The molecule has 5 heteroatoms. The maximum absolute atomic E-state index is 11.4. The normalized spacial score (nSPS) is 18.8. The second kappa shape index (κ2) is 4.08. The van der Waals surface area contributed by atoms with Crippen LogP contribution in [0.15, 0.2) is 29.3 Å². The fourth-order valence-electron chi connectivity index (χ4n) is 1.25. The van der Waals surface area contributed by atoms with Crippen molar-refractivity contribution < 1.29 is 19.1 Å². The van der Waals surface area contributed by atoms with Gasteiger partial charge in [-0.3, -0.25) is 4.79 Å². The lowest BCUT2D eigenvalue weighted by atomic mass is 10.1. The molecule has 1 aliphatic carbocycles. The fourth-order valence-corrected chi connectivity index (χ4v) is 1.25. The van der Waals surface area contributed by atoms with Crippen molar-refractivity contribution in [1.29, 1.82) is 0 Å². The van der Waals surface area contributed by atoms with Crippen LogP contribution in [0.5, 0.6) is 0 Å². The maximum atomic E-state index is 11.4. The molecular formula is C10H9NO4. The Bertz CT molecular complexity index is 369. The molecule has 0 bridgehead atoms. The van der Waals surface area contributed by atoms with E-state index in [0.717, 1.165) is 0 Å². The van der Waals surface area contributed by atoms with Gasteiger partial charge < -0.3 is 9.47 Å². The van der Waals surface area contributed by atoms with Gasteiger partial charge in [-0.25, -0.2) is 9.79 Å². The van der Waals surface area contributed by atoms with Gasteiger partial charge in [-0.1, -0.05) is 24.3 Å². The number of carbonyl (C=O) groups is 2. The molecule has 0 N–H and O–H groups in total. The summed E-state index contributed by atoms with van der Waals surface area (Å²) in [6.07, 6.45) is 6.56. The van der Waals surface area contributed by atoms with Gasteiger partial charge in [0.25, 0.3) is 5.78 Å². The van der Waals surface area contributed by atoms with E-state index in [1.54, 1.807) is 24.3 Å². The Labute approximate surface area is 86.1 Å². The van der Waals surface area contributed by atoms with E-state index in [-0.39, 0.29) is 6.08 Å². The van der Waals surface area contributed by atoms with Crippen molar-refractivity contribution in [2.24, 2.45) is 10.9 Å². The zero-order valence-electron chi connectivity index (χ0n) is 7.88. The van der Waals surface area contributed by atoms with E-state index in [4.69, 9.17) is 4.74 Å². The highest BCUT2D eigenvalue weighted by atomic mass is 16.7. The molecule has 1 heterocycles. The predicted molar refractivity (Wildman–Crippen MR) is 51.1 cm³/mol. The van der Waals surface area contributed by atoms with Crippen molar-refractivity contribution in [2.45, 2.75) is 0 Å². The van der Waals surface area contributed by atoms with Gasteiger partial charge in [-0.15, -0.1) is 0 Å². The molecule has 0 atom stereocenters. The maximum Gasteiger partial charge on any atom is 0.391 e. The van der Waals surface area contributed by atoms with Crippen LogP contribution in [0.2, 0.25) is 0 Å². The van der Waals surface area contributed by atoms with Gasteiger partial charge in [0, 0.05) is 0 Å². The monoisotopic (exact) mass is 207 g/mol. The molecule has 1 aliphatic heterocycles. The molecule has 78 valence electrons. The van der Waals surface area contributed by atoms with Crippen LogP contribution in [-0.2, 0) is 19.1 Å².